The predicted molar refractivity (Wildman–Crippen MR) is 63.7 cm³/mol. The zero-order valence-corrected chi connectivity index (χ0v) is 11.0. The van der Waals surface area contributed by atoms with Gasteiger partial charge in [0.2, 0.25) is 10.0 Å². The minimum Gasteiger partial charge on any atom is -0.212 e. The van der Waals surface area contributed by atoms with Crippen LogP contribution >= 0.6 is 11.6 Å². The molecule has 5 heteroatoms. The number of sulfonamides is 1. The average Bonchev–Trinajstić information content (AvgIpc) is 2.19. The second-order valence-electron chi connectivity index (χ2n) is 4.31. The van der Waals surface area contributed by atoms with Crippen molar-refractivity contribution in [1.29, 1.82) is 0 Å². The summed E-state index contributed by atoms with van der Waals surface area (Å²) in [5, 5.41) is 0.127. The van der Waals surface area contributed by atoms with Gasteiger partial charge in [0.25, 0.3) is 0 Å². The molecule has 0 amide bonds. The van der Waals surface area contributed by atoms with Gasteiger partial charge in [-0.05, 0) is 18.8 Å². The fourth-order valence-corrected chi connectivity index (χ4v) is 3.72. The van der Waals surface area contributed by atoms with E-state index in [0.717, 1.165) is 19.3 Å². The minimum atomic E-state index is -3.03. The largest absolute Gasteiger partial charge is 0.214 e. The third-order valence-electron chi connectivity index (χ3n) is 2.91. The summed E-state index contributed by atoms with van der Waals surface area (Å²) in [5.74, 6) is 0.542. The number of nitrogens with zero attached hydrogens (tertiary/aromatic N) is 1. The molecule has 0 aromatic rings. The van der Waals surface area contributed by atoms with Crippen LogP contribution in [0.25, 0.3) is 0 Å². The summed E-state index contributed by atoms with van der Waals surface area (Å²) >= 11 is 6.07. The molecule has 1 aliphatic heterocycles. The molecule has 1 fully saturated rings. The first-order valence-corrected chi connectivity index (χ1v) is 7.64. The second-order valence-corrected chi connectivity index (χ2v) is 6.96. The Bertz CT molecular complexity index is 292. The van der Waals surface area contributed by atoms with Crippen LogP contribution in [0.3, 0.4) is 0 Å². The smallest absolute Gasteiger partial charge is 0.212 e. The van der Waals surface area contributed by atoms with Crippen LogP contribution in [-0.4, -0.2) is 36.9 Å². The minimum absolute atomic E-state index is 0.127. The fourth-order valence-electron chi connectivity index (χ4n) is 1.79. The quantitative estimate of drug-likeness (QED) is 0.720. The van der Waals surface area contributed by atoms with Crippen LogP contribution in [0.4, 0.5) is 0 Å². The van der Waals surface area contributed by atoms with Gasteiger partial charge in [-0.1, -0.05) is 20.3 Å². The molecule has 0 saturated carbocycles. The van der Waals surface area contributed by atoms with Gasteiger partial charge in [-0.15, -0.1) is 11.6 Å². The molecule has 15 heavy (non-hydrogen) atoms. The lowest BCUT2D eigenvalue weighted by atomic mass is 10.0. The number of piperidine rings is 1. The zero-order chi connectivity index (χ0) is 11.5. The van der Waals surface area contributed by atoms with E-state index in [2.05, 4.69) is 0 Å². The lowest BCUT2D eigenvalue weighted by Crippen LogP contribution is -2.44. The van der Waals surface area contributed by atoms with Crippen molar-refractivity contribution >= 4 is 21.6 Å². The summed E-state index contributed by atoms with van der Waals surface area (Å²) in [6.07, 6.45) is 2.44. The van der Waals surface area contributed by atoms with Crippen LogP contribution in [0.5, 0.6) is 0 Å². The molecule has 0 bridgehead atoms. The molecule has 0 spiro atoms. The molecule has 0 aromatic carbocycles. The van der Waals surface area contributed by atoms with E-state index in [-0.39, 0.29) is 17.0 Å². The maximum atomic E-state index is 11.9. The Morgan fingerprint density at radius 2 is 2.13 bits per heavy atom. The van der Waals surface area contributed by atoms with Gasteiger partial charge < -0.3 is 0 Å². The van der Waals surface area contributed by atoms with Gasteiger partial charge in [0, 0.05) is 18.5 Å². The molecule has 1 rings (SSSR count). The highest BCUT2D eigenvalue weighted by molar-refractivity contribution is 7.89. The van der Waals surface area contributed by atoms with Crippen LogP contribution in [0, 0.1) is 5.92 Å². The molecule has 1 heterocycles. The molecular weight excluding hydrogens is 234 g/mol. The lowest BCUT2D eigenvalue weighted by molar-refractivity contribution is 0.286. The van der Waals surface area contributed by atoms with Crippen LogP contribution in [0.1, 0.15) is 33.1 Å². The lowest BCUT2D eigenvalue weighted by Gasteiger charge is -2.33. The van der Waals surface area contributed by atoms with Crippen molar-refractivity contribution < 1.29 is 8.42 Å². The van der Waals surface area contributed by atoms with Gasteiger partial charge >= 0.3 is 0 Å². The number of halogens is 1. The van der Waals surface area contributed by atoms with Gasteiger partial charge in [0.15, 0.2) is 0 Å². The molecular formula is C10H20ClNO2S. The maximum Gasteiger partial charge on any atom is 0.214 e. The third-order valence-corrected chi connectivity index (χ3v) is 5.48. The SMILES string of the molecule is CCCCS(=O)(=O)N1CCC(Cl)C(C)C1. The van der Waals surface area contributed by atoms with Gasteiger partial charge in [-0.25, -0.2) is 12.7 Å². The van der Waals surface area contributed by atoms with Crippen molar-refractivity contribution in [2.75, 3.05) is 18.8 Å². The van der Waals surface area contributed by atoms with E-state index in [9.17, 15) is 8.42 Å². The number of unbranched alkanes of at least 4 members (excludes halogenated alkanes) is 1. The van der Waals surface area contributed by atoms with E-state index in [1.165, 1.54) is 0 Å². The standard InChI is InChI=1S/C10H20ClNO2S/c1-3-4-7-15(13,14)12-6-5-10(11)9(2)8-12/h9-10H,3-8H2,1-2H3. The molecule has 3 nitrogen and oxygen atoms in total. The van der Waals surface area contributed by atoms with E-state index < -0.39 is 10.0 Å². The van der Waals surface area contributed by atoms with Gasteiger partial charge in [-0.2, -0.15) is 0 Å². The monoisotopic (exact) mass is 253 g/mol. The molecule has 2 atom stereocenters. The van der Waals surface area contributed by atoms with Crippen molar-refractivity contribution in [2.24, 2.45) is 5.92 Å². The van der Waals surface area contributed by atoms with Gasteiger partial charge in [-0.3, -0.25) is 0 Å². The Hall–Kier alpha value is 0.200. The molecule has 1 saturated heterocycles. The summed E-state index contributed by atoms with van der Waals surface area (Å²) in [5.41, 5.74) is 0. The number of rotatable bonds is 4. The number of hydrogen-bond acceptors (Lipinski definition) is 2. The summed E-state index contributed by atoms with van der Waals surface area (Å²) in [6, 6.07) is 0. The first-order valence-electron chi connectivity index (χ1n) is 5.59. The van der Waals surface area contributed by atoms with Crippen LogP contribution in [-0.2, 0) is 10.0 Å². The van der Waals surface area contributed by atoms with E-state index >= 15 is 0 Å². The Morgan fingerprint density at radius 3 is 2.67 bits per heavy atom. The fraction of sp³-hybridized carbons (Fsp3) is 1.00. The normalized spacial score (nSPS) is 29.3. The Kier molecular flexibility index (Phi) is 4.87. The van der Waals surface area contributed by atoms with Gasteiger partial charge in [0.05, 0.1) is 5.75 Å². The predicted octanol–water partition coefficient (Wildman–Crippen LogP) is 2.07. The second kappa shape index (κ2) is 5.51. The van der Waals surface area contributed by atoms with Crippen molar-refractivity contribution in [3.8, 4) is 0 Å². The first kappa shape index (κ1) is 13.3. The maximum absolute atomic E-state index is 11.9. The van der Waals surface area contributed by atoms with E-state index in [1.54, 1.807) is 4.31 Å². The topological polar surface area (TPSA) is 37.4 Å². The van der Waals surface area contributed by atoms with Crippen molar-refractivity contribution in [3.63, 3.8) is 0 Å². The molecule has 0 N–H and O–H groups in total. The highest BCUT2D eigenvalue weighted by atomic mass is 35.5. The Morgan fingerprint density at radius 1 is 1.47 bits per heavy atom. The molecule has 90 valence electrons. The summed E-state index contributed by atoms with van der Waals surface area (Å²) in [6.45, 7) is 5.19. The Labute approximate surface area is 97.8 Å². The molecule has 0 aliphatic carbocycles. The number of hydrogen-bond donors (Lipinski definition) is 0. The van der Waals surface area contributed by atoms with E-state index in [1.807, 2.05) is 13.8 Å². The van der Waals surface area contributed by atoms with Crippen molar-refractivity contribution in [1.82, 2.24) is 4.31 Å². The zero-order valence-electron chi connectivity index (χ0n) is 9.45. The van der Waals surface area contributed by atoms with Crippen LogP contribution in [0.2, 0.25) is 0 Å². The third kappa shape index (κ3) is 3.61. The van der Waals surface area contributed by atoms with E-state index in [0.29, 0.717) is 13.1 Å². The Balaban J connectivity index is 2.57. The first-order chi connectivity index (χ1) is 6.97. The summed E-state index contributed by atoms with van der Waals surface area (Å²) in [4.78, 5) is 0. The summed E-state index contributed by atoms with van der Waals surface area (Å²) in [7, 11) is -3.03. The van der Waals surface area contributed by atoms with Crippen molar-refractivity contribution in [3.05, 3.63) is 0 Å². The highest BCUT2D eigenvalue weighted by Gasteiger charge is 2.30. The van der Waals surface area contributed by atoms with Crippen LogP contribution < -0.4 is 0 Å². The highest BCUT2D eigenvalue weighted by Crippen LogP contribution is 2.24. The van der Waals surface area contributed by atoms with Crippen molar-refractivity contribution in [2.45, 2.75) is 38.5 Å². The molecule has 1 aliphatic rings. The summed E-state index contributed by atoms with van der Waals surface area (Å²) < 4.78 is 25.4. The molecule has 2 unspecified atom stereocenters. The molecule has 0 radical (unpaired) electrons. The van der Waals surface area contributed by atoms with Crippen LogP contribution in [0.15, 0.2) is 0 Å². The number of alkyl halides is 1. The average molecular weight is 254 g/mol. The molecule has 0 aromatic heterocycles. The van der Waals surface area contributed by atoms with E-state index in [4.69, 9.17) is 11.6 Å². The van der Waals surface area contributed by atoms with Gasteiger partial charge in [0.1, 0.15) is 0 Å².